The molecule has 258 valence electrons. The fourth-order valence-electron chi connectivity index (χ4n) is 4.88. The summed E-state index contributed by atoms with van der Waals surface area (Å²) in [7, 11) is 0. The summed E-state index contributed by atoms with van der Waals surface area (Å²) in [6.45, 7) is 2.39. The molecule has 8 nitrogen and oxygen atoms in total. The Balaban J connectivity index is 1.33. The molecule has 0 aliphatic heterocycles. The Morgan fingerprint density at radius 3 is 2.16 bits per heavy atom. The van der Waals surface area contributed by atoms with Crippen molar-refractivity contribution >= 4 is 68.8 Å². The van der Waals surface area contributed by atoms with Crippen LogP contribution in [-0.4, -0.2) is 30.3 Å². The molecule has 0 radical (unpaired) electrons. The van der Waals surface area contributed by atoms with Gasteiger partial charge in [-0.25, -0.2) is 4.79 Å². The molecule has 0 spiro atoms. The molecule has 1 atom stereocenters. The molecule has 0 aliphatic rings. The van der Waals surface area contributed by atoms with E-state index in [9.17, 15) is 19.2 Å². The van der Waals surface area contributed by atoms with Gasteiger partial charge in [0.1, 0.15) is 10.9 Å². The number of nitrogens with one attached hydrogen (secondary N) is 3. The highest BCUT2D eigenvalue weighted by Gasteiger charge is 2.23. The van der Waals surface area contributed by atoms with E-state index in [1.54, 1.807) is 72.8 Å². The topological polar surface area (TPSA) is 114 Å². The molecular weight excluding hydrogens is 726 g/mol. The molecule has 5 rings (SSSR count). The van der Waals surface area contributed by atoms with Crippen molar-refractivity contribution in [1.82, 2.24) is 5.32 Å². The Morgan fingerprint density at radius 2 is 1.45 bits per heavy atom. The number of benzene rings is 5. The van der Waals surface area contributed by atoms with E-state index in [1.165, 1.54) is 11.8 Å². The van der Waals surface area contributed by atoms with Gasteiger partial charge in [0.05, 0.1) is 12.2 Å². The fourth-order valence-corrected chi connectivity index (χ4v) is 6.38. The van der Waals surface area contributed by atoms with E-state index in [2.05, 4.69) is 31.9 Å². The van der Waals surface area contributed by atoms with E-state index in [0.29, 0.717) is 34.7 Å². The molecular formula is C41H36BrN3O5S. The van der Waals surface area contributed by atoms with Crippen molar-refractivity contribution in [3.05, 3.63) is 166 Å². The SMILES string of the molecule is CCCCOC(=O)c1ccc(NC(=O)C(Sc2cccc(NC(=O)/C(=C\c3cccc(Br)c3)NC(=O)c3ccccc3)c2)c2ccccc2)cc1. The Morgan fingerprint density at radius 1 is 0.745 bits per heavy atom. The van der Waals surface area contributed by atoms with Gasteiger partial charge in [0.25, 0.3) is 11.8 Å². The lowest BCUT2D eigenvalue weighted by molar-refractivity contribution is -0.116. The minimum Gasteiger partial charge on any atom is -0.462 e. The lowest BCUT2D eigenvalue weighted by atomic mass is 10.1. The van der Waals surface area contributed by atoms with E-state index in [4.69, 9.17) is 4.74 Å². The predicted octanol–water partition coefficient (Wildman–Crippen LogP) is 9.29. The lowest BCUT2D eigenvalue weighted by Gasteiger charge is -2.18. The van der Waals surface area contributed by atoms with Crippen LogP contribution in [0, 0.1) is 0 Å². The first-order valence-corrected chi connectivity index (χ1v) is 18.0. The number of thioether (sulfide) groups is 1. The Labute approximate surface area is 309 Å². The number of halogens is 1. The van der Waals surface area contributed by atoms with Crippen LogP contribution in [0.5, 0.6) is 0 Å². The third kappa shape index (κ3) is 11.0. The number of carbonyl (C=O) groups is 4. The van der Waals surface area contributed by atoms with Gasteiger partial charge in [-0.2, -0.15) is 0 Å². The highest BCUT2D eigenvalue weighted by atomic mass is 79.9. The summed E-state index contributed by atoms with van der Waals surface area (Å²) >= 11 is 4.78. The quantitative estimate of drug-likeness (QED) is 0.0450. The van der Waals surface area contributed by atoms with Crippen LogP contribution in [0.15, 0.2) is 149 Å². The molecule has 1 unspecified atom stereocenters. The number of hydrogen-bond acceptors (Lipinski definition) is 6. The van der Waals surface area contributed by atoms with Crippen LogP contribution in [0.1, 0.15) is 56.9 Å². The second kappa shape index (κ2) is 18.5. The highest BCUT2D eigenvalue weighted by Crippen LogP contribution is 2.37. The Hall–Kier alpha value is -5.45. The highest BCUT2D eigenvalue weighted by molar-refractivity contribution is 9.10. The monoisotopic (exact) mass is 761 g/mol. The van der Waals surface area contributed by atoms with E-state index in [1.807, 2.05) is 73.7 Å². The molecule has 5 aromatic rings. The normalized spacial score (nSPS) is 11.6. The van der Waals surface area contributed by atoms with Crippen LogP contribution in [0.2, 0.25) is 0 Å². The number of carbonyl (C=O) groups excluding carboxylic acids is 4. The smallest absolute Gasteiger partial charge is 0.338 e. The van der Waals surface area contributed by atoms with Crippen molar-refractivity contribution in [1.29, 1.82) is 0 Å². The molecule has 10 heteroatoms. The molecule has 5 aromatic carbocycles. The van der Waals surface area contributed by atoms with Crippen molar-refractivity contribution < 1.29 is 23.9 Å². The largest absolute Gasteiger partial charge is 0.462 e. The molecule has 0 bridgehead atoms. The minimum absolute atomic E-state index is 0.0572. The van der Waals surface area contributed by atoms with Gasteiger partial charge < -0.3 is 20.7 Å². The van der Waals surface area contributed by atoms with Crippen LogP contribution >= 0.6 is 27.7 Å². The zero-order valence-corrected chi connectivity index (χ0v) is 30.2. The van der Waals surface area contributed by atoms with Gasteiger partial charge >= 0.3 is 5.97 Å². The molecule has 3 amide bonds. The molecule has 51 heavy (non-hydrogen) atoms. The molecule has 0 heterocycles. The second-order valence-electron chi connectivity index (χ2n) is 11.4. The number of ether oxygens (including phenoxy) is 1. The third-order valence-electron chi connectivity index (χ3n) is 7.49. The van der Waals surface area contributed by atoms with Crippen molar-refractivity contribution in [3.8, 4) is 0 Å². The Bertz CT molecular complexity index is 2000. The van der Waals surface area contributed by atoms with E-state index >= 15 is 0 Å². The maximum Gasteiger partial charge on any atom is 0.338 e. The first-order valence-electron chi connectivity index (χ1n) is 16.3. The average Bonchev–Trinajstić information content (AvgIpc) is 3.14. The second-order valence-corrected chi connectivity index (χ2v) is 13.5. The summed E-state index contributed by atoms with van der Waals surface area (Å²) in [5.74, 6) is -1.60. The van der Waals surface area contributed by atoms with Gasteiger partial charge in [0.2, 0.25) is 5.91 Å². The van der Waals surface area contributed by atoms with Crippen LogP contribution in [0.4, 0.5) is 11.4 Å². The van der Waals surface area contributed by atoms with Gasteiger partial charge in [-0.15, -0.1) is 11.8 Å². The predicted molar refractivity (Wildman–Crippen MR) is 206 cm³/mol. The maximum atomic E-state index is 13.7. The van der Waals surface area contributed by atoms with Gasteiger partial charge in [-0.1, -0.05) is 96.0 Å². The van der Waals surface area contributed by atoms with Crippen molar-refractivity contribution in [2.24, 2.45) is 0 Å². The molecule has 0 aromatic heterocycles. The van der Waals surface area contributed by atoms with Crippen molar-refractivity contribution in [3.63, 3.8) is 0 Å². The zero-order chi connectivity index (χ0) is 36.0. The Kier molecular flexibility index (Phi) is 13.4. The van der Waals surface area contributed by atoms with Crippen LogP contribution < -0.4 is 16.0 Å². The van der Waals surface area contributed by atoms with Gasteiger partial charge in [-0.05, 0) is 90.4 Å². The van der Waals surface area contributed by atoms with Crippen molar-refractivity contribution in [2.75, 3.05) is 17.2 Å². The van der Waals surface area contributed by atoms with E-state index in [-0.39, 0.29) is 11.6 Å². The van der Waals surface area contributed by atoms with E-state index < -0.39 is 23.0 Å². The first-order chi connectivity index (χ1) is 24.8. The first kappa shape index (κ1) is 36.8. The summed E-state index contributed by atoms with van der Waals surface area (Å²) in [4.78, 5) is 53.5. The number of unbranched alkanes of at least 4 members (excludes halogenated alkanes) is 1. The number of hydrogen-bond donors (Lipinski definition) is 3. The summed E-state index contributed by atoms with van der Waals surface area (Å²) in [5.41, 5.74) is 3.39. The molecule has 3 N–H and O–H groups in total. The third-order valence-corrected chi connectivity index (χ3v) is 9.24. The van der Waals surface area contributed by atoms with Crippen LogP contribution in [0.25, 0.3) is 6.08 Å². The van der Waals surface area contributed by atoms with Gasteiger partial charge in [0, 0.05) is 26.3 Å². The zero-order valence-electron chi connectivity index (χ0n) is 27.8. The standard InChI is InChI=1S/C41H36BrN3O5S/c1-2-3-24-50-41(49)31-20-22-33(23-21-31)43-40(48)37(29-13-6-4-7-14-29)51-35-19-11-18-34(27-35)44-39(47)36(26-28-12-10-17-32(42)25-28)45-38(46)30-15-8-5-9-16-30/h4-23,25-27,37H,2-3,24H2,1H3,(H,43,48)(H,44,47)(H,45,46)/b36-26+. The number of rotatable bonds is 14. The number of amides is 3. The average molecular weight is 763 g/mol. The number of anilines is 2. The summed E-state index contributed by atoms with van der Waals surface area (Å²) in [6.07, 6.45) is 3.33. The summed E-state index contributed by atoms with van der Waals surface area (Å²) < 4.78 is 6.11. The molecule has 0 fully saturated rings. The summed E-state index contributed by atoms with van der Waals surface area (Å²) in [6, 6.07) is 39.2. The molecule has 0 aliphatic carbocycles. The van der Waals surface area contributed by atoms with Gasteiger partial charge in [-0.3, -0.25) is 14.4 Å². The maximum absolute atomic E-state index is 13.7. The van der Waals surface area contributed by atoms with E-state index in [0.717, 1.165) is 27.8 Å². The van der Waals surface area contributed by atoms with Crippen molar-refractivity contribution in [2.45, 2.75) is 29.9 Å². The molecule has 0 saturated carbocycles. The number of esters is 1. The minimum atomic E-state index is -0.645. The van der Waals surface area contributed by atoms with Crippen LogP contribution in [-0.2, 0) is 14.3 Å². The van der Waals surface area contributed by atoms with Crippen LogP contribution in [0.3, 0.4) is 0 Å². The summed E-state index contributed by atoms with van der Waals surface area (Å²) in [5, 5.41) is 7.98. The van der Waals surface area contributed by atoms with Gasteiger partial charge in [0.15, 0.2) is 0 Å². The molecule has 0 saturated heterocycles. The fraction of sp³-hybridized carbons (Fsp3) is 0.122. The lowest BCUT2D eigenvalue weighted by Crippen LogP contribution is -2.30.